The number of hydrogen-bond acceptors (Lipinski definition) is 4. The van der Waals surface area contributed by atoms with E-state index in [1.165, 1.54) is 4.90 Å². The predicted molar refractivity (Wildman–Crippen MR) is 107 cm³/mol. The molecule has 2 heterocycles. The molecule has 2 amide bonds. The molecule has 6 rings (SSSR count). The van der Waals surface area contributed by atoms with Gasteiger partial charge >= 0.3 is 0 Å². The number of carbonyl (C=O) groups is 2. The third-order valence-electron chi connectivity index (χ3n) is 6.55. The summed E-state index contributed by atoms with van der Waals surface area (Å²) in [5.74, 6) is 0.0596. The van der Waals surface area contributed by atoms with Crippen molar-refractivity contribution in [2.24, 2.45) is 28.7 Å². The van der Waals surface area contributed by atoms with Crippen molar-refractivity contribution >= 4 is 29.4 Å². The molecule has 1 N–H and O–H groups in total. The highest BCUT2D eigenvalue weighted by Gasteiger charge is 2.59. The number of carbonyl (C=O) groups excluding carboxylic acids is 2. The minimum atomic E-state index is -0.173. The average Bonchev–Trinajstić information content (AvgIpc) is 3.42. The first-order chi connectivity index (χ1) is 13.7. The lowest BCUT2D eigenvalue weighted by Gasteiger charge is -2.23. The first-order valence-corrected chi connectivity index (χ1v) is 9.75. The number of anilines is 2. The van der Waals surface area contributed by atoms with Crippen LogP contribution in [0.5, 0.6) is 0 Å². The van der Waals surface area contributed by atoms with Crippen LogP contribution in [0.4, 0.5) is 11.4 Å². The SMILES string of the molecule is O=C1C2[C@H](C(=O)N1c1ccc(C3N=Cc4ccccc4N3)cc1)C1C=C[C@H]2C1. The van der Waals surface area contributed by atoms with E-state index in [1.54, 1.807) is 0 Å². The van der Waals surface area contributed by atoms with Crippen LogP contribution in [0.1, 0.15) is 23.7 Å². The van der Waals surface area contributed by atoms with Gasteiger partial charge in [0.1, 0.15) is 6.17 Å². The molecular weight excluding hydrogens is 350 g/mol. The highest BCUT2D eigenvalue weighted by molar-refractivity contribution is 6.22. The van der Waals surface area contributed by atoms with Crippen molar-refractivity contribution in [1.82, 2.24) is 0 Å². The van der Waals surface area contributed by atoms with Gasteiger partial charge in [-0.15, -0.1) is 0 Å². The summed E-state index contributed by atoms with van der Waals surface area (Å²) in [6.45, 7) is 0. The predicted octanol–water partition coefficient (Wildman–Crippen LogP) is 3.54. The van der Waals surface area contributed by atoms with Gasteiger partial charge in [0.25, 0.3) is 0 Å². The molecule has 5 heteroatoms. The van der Waals surface area contributed by atoms with Gasteiger partial charge in [-0.1, -0.05) is 42.5 Å². The van der Waals surface area contributed by atoms with Crippen LogP contribution < -0.4 is 10.2 Å². The van der Waals surface area contributed by atoms with Crippen LogP contribution in [0.3, 0.4) is 0 Å². The van der Waals surface area contributed by atoms with Gasteiger partial charge < -0.3 is 5.32 Å². The number of imide groups is 1. The van der Waals surface area contributed by atoms with Crippen molar-refractivity contribution < 1.29 is 9.59 Å². The number of allylic oxidation sites excluding steroid dienone is 2. The van der Waals surface area contributed by atoms with Crippen LogP contribution >= 0.6 is 0 Å². The molecule has 0 spiro atoms. The molecule has 3 unspecified atom stereocenters. The summed E-state index contributed by atoms with van der Waals surface area (Å²) in [5, 5.41) is 3.42. The maximum Gasteiger partial charge on any atom is 0.238 e. The third kappa shape index (κ3) is 2.10. The molecule has 5 nitrogen and oxygen atoms in total. The summed E-state index contributed by atoms with van der Waals surface area (Å²) >= 11 is 0. The molecule has 4 aliphatic rings. The maximum atomic E-state index is 12.9. The highest BCUT2D eigenvalue weighted by Crippen LogP contribution is 2.53. The van der Waals surface area contributed by atoms with E-state index < -0.39 is 0 Å². The van der Waals surface area contributed by atoms with Crippen molar-refractivity contribution in [2.45, 2.75) is 12.6 Å². The lowest BCUT2D eigenvalue weighted by molar-refractivity contribution is -0.123. The maximum absolute atomic E-state index is 12.9. The van der Waals surface area contributed by atoms with E-state index in [9.17, 15) is 9.59 Å². The summed E-state index contributed by atoms with van der Waals surface area (Å²) in [5.41, 5.74) is 3.77. The number of nitrogens with zero attached hydrogens (tertiary/aromatic N) is 2. The monoisotopic (exact) mass is 369 g/mol. The fourth-order valence-electron chi connectivity index (χ4n) is 5.21. The van der Waals surface area contributed by atoms with E-state index in [1.807, 2.05) is 54.7 Å². The number of hydrogen-bond donors (Lipinski definition) is 1. The minimum Gasteiger partial charge on any atom is -0.360 e. The van der Waals surface area contributed by atoms with E-state index in [0.29, 0.717) is 5.69 Å². The van der Waals surface area contributed by atoms with Crippen LogP contribution in [0.2, 0.25) is 0 Å². The van der Waals surface area contributed by atoms with Gasteiger partial charge in [0, 0.05) is 17.5 Å². The molecule has 138 valence electrons. The second-order valence-electron chi connectivity index (χ2n) is 8.02. The molecule has 2 fully saturated rings. The minimum absolute atomic E-state index is 0.0395. The number of fused-ring (bicyclic) bond motifs is 6. The van der Waals surface area contributed by atoms with Crippen molar-refractivity contribution in [3.63, 3.8) is 0 Å². The smallest absolute Gasteiger partial charge is 0.238 e. The molecule has 5 atom stereocenters. The Hall–Kier alpha value is -3.21. The average molecular weight is 369 g/mol. The number of aliphatic imine (C=N–C) groups is 1. The Bertz CT molecular complexity index is 1030. The Morgan fingerprint density at radius 3 is 2.29 bits per heavy atom. The standard InChI is InChI=1S/C23H19N3O2/c27-22-19-14-5-6-15(11-14)20(19)23(28)26(22)17-9-7-13(8-10-17)21-24-12-16-3-1-2-4-18(16)25-21/h1-10,12,14-15,19-21,25H,11H2/t14-,15?,19?,20+,21?/m0/s1. The molecule has 2 aromatic rings. The summed E-state index contributed by atoms with van der Waals surface area (Å²) in [6, 6.07) is 15.6. The van der Waals surface area contributed by atoms with E-state index >= 15 is 0 Å². The van der Waals surface area contributed by atoms with Gasteiger partial charge in [-0.05, 0) is 42.0 Å². The third-order valence-corrected chi connectivity index (χ3v) is 6.55. The van der Waals surface area contributed by atoms with E-state index in [-0.39, 0.29) is 41.7 Å². The van der Waals surface area contributed by atoms with Gasteiger partial charge in [-0.3, -0.25) is 19.5 Å². The summed E-state index contributed by atoms with van der Waals surface area (Å²) < 4.78 is 0. The van der Waals surface area contributed by atoms with Crippen LogP contribution in [-0.2, 0) is 9.59 Å². The number of rotatable bonds is 2. The van der Waals surface area contributed by atoms with E-state index in [2.05, 4.69) is 22.5 Å². The molecule has 2 aliphatic carbocycles. The van der Waals surface area contributed by atoms with E-state index in [4.69, 9.17) is 0 Å². The Kier molecular flexibility index (Phi) is 3.19. The van der Waals surface area contributed by atoms with Crippen molar-refractivity contribution in [3.05, 3.63) is 71.8 Å². The van der Waals surface area contributed by atoms with Gasteiger partial charge in [0.05, 0.1) is 17.5 Å². The largest absolute Gasteiger partial charge is 0.360 e. The summed E-state index contributed by atoms with van der Waals surface area (Å²) in [7, 11) is 0. The first-order valence-electron chi connectivity index (χ1n) is 9.75. The van der Waals surface area contributed by atoms with Crippen LogP contribution in [-0.4, -0.2) is 18.0 Å². The molecule has 2 bridgehead atoms. The normalized spacial score (nSPS) is 31.9. The lowest BCUT2D eigenvalue weighted by Crippen LogP contribution is -2.32. The van der Waals surface area contributed by atoms with Crippen molar-refractivity contribution in [3.8, 4) is 0 Å². The molecule has 0 radical (unpaired) electrons. The molecule has 1 saturated carbocycles. The Labute approximate surface area is 162 Å². The zero-order valence-corrected chi connectivity index (χ0v) is 15.2. The molecular formula is C23H19N3O2. The Balaban J connectivity index is 1.26. The van der Waals surface area contributed by atoms with Gasteiger partial charge in [-0.25, -0.2) is 0 Å². The summed E-state index contributed by atoms with van der Waals surface area (Å²) in [4.78, 5) is 31.9. The quantitative estimate of drug-likeness (QED) is 0.651. The Morgan fingerprint density at radius 2 is 1.57 bits per heavy atom. The first kappa shape index (κ1) is 15.8. The fraction of sp³-hybridized carbons (Fsp3) is 0.261. The number of para-hydroxylation sites is 1. The van der Waals surface area contributed by atoms with Crippen molar-refractivity contribution in [1.29, 1.82) is 0 Å². The molecule has 28 heavy (non-hydrogen) atoms. The fourth-order valence-corrected chi connectivity index (χ4v) is 5.21. The second-order valence-corrected chi connectivity index (χ2v) is 8.02. The number of amides is 2. The topological polar surface area (TPSA) is 61.8 Å². The Morgan fingerprint density at radius 1 is 0.893 bits per heavy atom. The van der Waals surface area contributed by atoms with Crippen LogP contribution in [0, 0.1) is 23.7 Å². The van der Waals surface area contributed by atoms with Gasteiger partial charge in [0.2, 0.25) is 11.8 Å². The van der Waals surface area contributed by atoms with Crippen LogP contribution in [0.15, 0.2) is 65.7 Å². The molecule has 1 saturated heterocycles. The zero-order valence-electron chi connectivity index (χ0n) is 15.2. The number of nitrogens with one attached hydrogen (secondary N) is 1. The van der Waals surface area contributed by atoms with Crippen LogP contribution in [0.25, 0.3) is 0 Å². The lowest BCUT2D eigenvalue weighted by atomic mass is 9.85. The van der Waals surface area contributed by atoms with E-state index in [0.717, 1.165) is 23.2 Å². The van der Waals surface area contributed by atoms with Gasteiger partial charge in [0.15, 0.2) is 0 Å². The molecule has 2 aromatic carbocycles. The van der Waals surface area contributed by atoms with Gasteiger partial charge in [-0.2, -0.15) is 0 Å². The zero-order chi connectivity index (χ0) is 18.8. The highest BCUT2D eigenvalue weighted by atomic mass is 16.2. The molecule has 2 aliphatic heterocycles. The number of benzene rings is 2. The molecule has 0 aromatic heterocycles. The second kappa shape index (κ2) is 5.64. The van der Waals surface area contributed by atoms with Crippen molar-refractivity contribution in [2.75, 3.05) is 10.2 Å². The summed E-state index contributed by atoms with van der Waals surface area (Å²) in [6.07, 6.45) is 6.89.